The maximum Gasteiger partial charge on any atom is 0.254 e. The van der Waals surface area contributed by atoms with Crippen LogP contribution in [0, 0.1) is 6.92 Å². The summed E-state index contributed by atoms with van der Waals surface area (Å²) in [6, 6.07) is 17.3. The predicted octanol–water partition coefficient (Wildman–Crippen LogP) is 3.89. The number of amides is 2. The average molecular weight is 479 g/mol. The molecule has 2 aromatic heterocycles. The molecule has 2 amide bonds. The fraction of sp³-hybridized carbons (Fsp3) is 0.250. The van der Waals surface area contributed by atoms with Gasteiger partial charge in [-0.05, 0) is 54.5 Å². The molecule has 1 saturated carbocycles. The van der Waals surface area contributed by atoms with Gasteiger partial charge in [0, 0.05) is 23.6 Å². The van der Waals surface area contributed by atoms with E-state index >= 15 is 0 Å². The van der Waals surface area contributed by atoms with Gasteiger partial charge < -0.3 is 5.32 Å². The summed E-state index contributed by atoms with van der Waals surface area (Å²) in [7, 11) is 0. The zero-order valence-corrected chi connectivity index (χ0v) is 20.0. The van der Waals surface area contributed by atoms with Gasteiger partial charge in [0.15, 0.2) is 5.65 Å². The van der Waals surface area contributed by atoms with E-state index in [0.717, 1.165) is 19.3 Å². The van der Waals surface area contributed by atoms with E-state index in [9.17, 15) is 9.59 Å². The molecule has 0 radical (unpaired) electrons. The topological polar surface area (TPSA) is 101 Å². The lowest BCUT2D eigenvalue weighted by atomic mass is 9.94. The van der Waals surface area contributed by atoms with Gasteiger partial charge in [-0.15, -0.1) is 0 Å². The maximum absolute atomic E-state index is 12.1. The first kappa shape index (κ1) is 22.2. The maximum atomic E-state index is 12.1. The fourth-order valence-corrected chi connectivity index (χ4v) is 4.59. The SMILES string of the molecule is Cc1ccccc1-c1ccccc1CCc1nc(NC2CC2)n2ncc(/C=C3\CC(=O)NC3=O)c2n1. The van der Waals surface area contributed by atoms with Crippen molar-refractivity contribution in [3.05, 3.63) is 82.8 Å². The lowest BCUT2D eigenvalue weighted by molar-refractivity contribution is -0.124. The number of aromatic nitrogens is 4. The second kappa shape index (κ2) is 9.03. The van der Waals surface area contributed by atoms with Crippen molar-refractivity contribution in [1.82, 2.24) is 24.9 Å². The summed E-state index contributed by atoms with van der Waals surface area (Å²) in [5.41, 5.74) is 6.66. The van der Waals surface area contributed by atoms with Crippen molar-refractivity contribution in [2.24, 2.45) is 0 Å². The van der Waals surface area contributed by atoms with Crippen molar-refractivity contribution in [2.75, 3.05) is 5.32 Å². The number of fused-ring (bicyclic) bond motifs is 1. The first-order valence-corrected chi connectivity index (χ1v) is 12.2. The van der Waals surface area contributed by atoms with Gasteiger partial charge in [0.05, 0.1) is 12.6 Å². The molecule has 0 atom stereocenters. The van der Waals surface area contributed by atoms with Gasteiger partial charge in [-0.3, -0.25) is 14.9 Å². The van der Waals surface area contributed by atoms with Crippen molar-refractivity contribution in [1.29, 1.82) is 0 Å². The third-order valence-electron chi connectivity index (χ3n) is 6.65. The van der Waals surface area contributed by atoms with Crippen LogP contribution >= 0.6 is 0 Å². The highest BCUT2D eigenvalue weighted by atomic mass is 16.2. The smallest absolute Gasteiger partial charge is 0.254 e. The molecule has 1 aliphatic heterocycles. The Morgan fingerprint density at radius 1 is 1.03 bits per heavy atom. The molecule has 6 rings (SSSR count). The largest absolute Gasteiger partial charge is 0.351 e. The highest BCUT2D eigenvalue weighted by Crippen LogP contribution is 2.29. The van der Waals surface area contributed by atoms with Crippen LogP contribution in [0.3, 0.4) is 0 Å². The van der Waals surface area contributed by atoms with Crippen LogP contribution in [0.4, 0.5) is 5.95 Å². The Morgan fingerprint density at radius 3 is 2.56 bits per heavy atom. The quantitative estimate of drug-likeness (QED) is 0.309. The molecule has 2 fully saturated rings. The second-order valence-corrected chi connectivity index (χ2v) is 9.41. The van der Waals surface area contributed by atoms with Crippen molar-refractivity contribution in [3.8, 4) is 11.1 Å². The van der Waals surface area contributed by atoms with Gasteiger partial charge in [0.2, 0.25) is 11.9 Å². The van der Waals surface area contributed by atoms with Gasteiger partial charge in [0.25, 0.3) is 5.91 Å². The lowest BCUT2D eigenvalue weighted by Crippen LogP contribution is -2.19. The van der Waals surface area contributed by atoms with Gasteiger partial charge in [-0.25, -0.2) is 4.98 Å². The number of nitrogens with one attached hydrogen (secondary N) is 2. The molecule has 36 heavy (non-hydrogen) atoms. The minimum absolute atomic E-state index is 0.0665. The number of nitrogens with zero attached hydrogens (tertiary/aromatic N) is 4. The van der Waals surface area contributed by atoms with Gasteiger partial charge in [-0.1, -0.05) is 48.5 Å². The van der Waals surface area contributed by atoms with Crippen molar-refractivity contribution >= 4 is 29.5 Å². The van der Waals surface area contributed by atoms with E-state index in [4.69, 9.17) is 9.97 Å². The summed E-state index contributed by atoms with van der Waals surface area (Å²) < 4.78 is 1.68. The molecule has 2 N–H and O–H groups in total. The summed E-state index contributed by atoms with van der Waals surface area (Å²) in [4.78, 5) is 33.4. The molecule has 1 aliphatic carbocycles. The van der Waals surface area contributed by atoms with Crippen LogP contribution in [0.15, 0.2) is 60.3 Å². The summed E-state index contributed by atoms with van der Waals surface area (Å²) in [6.07, 6.45) is 7.08. The van der Waals surface area contributed by atoms with Gasteiger partial charge in [-0.2, -0.15) is 14.6 Å². The zero-order chi connectivity index (χ0) is 24.6. The number of carbonyl (C=O) groups excluding carboxylic acids is 2. The standard InChI is InChI=1S/C28H26N6O2/c1-17-6-2-4-8-22(17)23-9-5-3-7-18(23)10-13-24-31-26-20(14-19-15-25(35)33-27(19)36)16-29-34(26)28(32-24)30-21-11-12-21/h2-9,14,16,21H,10-13,15H2,1H3,(H,30,31,32)(H,33,35,36)/b19-14+. The molecular weight excluding hydrogens is 452 g/mol. The van der Waals surface area contributed by atoms with Crippen molar-refractivity contribution in [3.63, 3.8) is 0 Å². The lowest BCUT2D eigenvalue weighted by Gasteiger charge is -2.13. The van der Waals surface area contributed by atoms with E-state index in [1.807, 2.05) is 0 Å². The monoisotopic (exact) mass is 478 g/mol. The molecular formula is C28H26N6O2. The minimum Gasteiger partial charge on any atom is -0.351 e. The molecule has 3 heterocycles. The van der Waals surface area contributed by atoms with Crippen LogP contribution in [0.1, 0.15) is 41.8 Å². The summed E-state index contributed by atoms with van der Waals surface area (Å²) in [5.74, 6) is 0.706. The number of rotatable bonds is 7. The van der Waals surface area contributed by atoms with E-state index in [1.165, 1.54) is 22.3 Å². The number of carbonyl (C=O) groups is 2. The second-order valence-electron chi connectivity index (χ2n) is 9.41. The first-order valence-electron chi connectivity index (χ1n) is 12.2. The van der Waals surface area contributed by atoms with Crippen LogP contribution in [0.2, 0.25) is 0 Å². The summed E-state index contributed by atoms with van der Waals surface area (Å²) in [5, 5.41) is 10.3. The van der Waals surface area contributed by atoms with E-state index in [-0.39, 0.29) is 18.2 Å². The van der Waals surface area contributed by atoms with Crippen molar-refractivity contribution in [2.45, 2.75) is 45.1 Å². The Kier molecular flexibility index (Phi) is 5.56. The number of hydrogen-bond donors (Lipinski definition) is 2. The Bertz CT molecular complexity index is 1530. The van der Waals surface area contributed by atoms with Crippen LogP contribution in [0.5, 0.6) is 0 Å². The molecule has 1 saturated heterocycles. The van der Waals surface area contributed by atoms with Crippen LogP contribution in [-0.2, 0) is 22.4 Å². The molecule has 0 spiro atoms. The van der Waals surface area contributed by atoms with E-state index in [1.54, 1.807) is 16.8 Å². The highest BCUT2D eigenvalue weighted by molar-refractivity contribution is 6.15. The molecule has 180 valence electrons. The van der Waals surface area contributed by atoms with Crippen LogP contribution in [-0.4, -0.2) is 37.4 Å². The molecule has 2 aliphatic rings. The number of hydrogen-bond acceptors (Lipinski definition) is 6. The number of anilines is 1. The number of aryl methyl sites for hydroxylation is 3. The first-order chi connectivity index (χ1) is 17.5. The molecule has 8 heteroatoms. The van der Waals surface area contributed by atoms with Crippen molar-refractivity contribution < 1.29 is 9.59 Å². The Hall–Kier alpha value is -4.33. The van der Waals surface area contributed by atoms with E-state index in [2.05, 4.69) is 71.2 Å². The molecule has 0 bridgehead atoms. The molecule has 0 unspecified atom stereocenters. The third-order valence-corrected chi connectivity index (χ3v) is 6.65. The average Bonchev–Trinajstić information content (AvgIpc) is 3.51. The van der Waals surface area contributed by atoms with E-state index < -0.39 is 0 Å². The van der Waals surface area contributed by atoms with Crippen LogP contribution < -0.4 is 10.6 Å². The minimum atomic E-state index is -0.363. The van der Waals surface area contributed by atoms with Gasteiger partial charge >= 0.3 is 0 Å². The Balaban J connectivity index is 1.35. The van der Waals surface area contributed by atoms with Gasteiger partial charge in [0.1, 0.15) is 5.82 Å². The summed E-state index contributed by atoms with van der Waals surface area (Å²) >= 11 is 0. The fourth-order valence-electron chi connectivity index (χ4n) is 4.59. The highest BCUT2D eigenvalue weighted by Gasteiger charge is 2.26. The Labute approximate surface area is 208 Å². The summed E-state index contributed by atoms with van der Waals surface area (Å²) in [6.45, 7) is 2.13. The predicted molar refractivity (Wildman–Crippen MR) is 137 cm³/mol. The Morgan fingerprint density at radius 2 is 1.81 bits per heavy atom. The van der Waals surface area contributed by atoms with E-state index in [0.29, 0.717) is 41.0 Å². The third kappa shape index (κ3) is 4.37. The zero-order valence-electron chi connectivity index (χ0n) is 20.0. The molecule has 2 aromatic carbocycles. The number of benzene rings is 2. The molecule has 4 aromatic rings. The van der Waals surface area contributed by atoms with Crippen LogP contribution in [0.25, 0.3) is 22.9 Å². The molecule has 8 nitrogen and oxygen atoms in total. The normalized spacial score (nSPS) is 16.6. The number of imide groups is 1.